The van der Waals surface area contributed by atoms with Crippen LogP contribution < -0.4 is 10.5 Å². The van der Waals surface area contributed by atoms with Crippen LogP contribution in [-0.4, -0.2) is 17.3 Å². The molecule has 1 aromatic rings. The lowest BCUT2D eigenvalue weighted by Crippen LogP contribution is -2.02. The zero-order valence-corrected chi connectivity index (χ0v) is 7.30. The molecule has 4 nitrogen and oxygen atoms in total. The maximum Gasteiger partial charge on any atom is 0.281 e. The quantitative estimate of drug-likeness (QED) is 0.703. The molecule has 0 spiro atoms. The predicted octanol–water partition coefficient (Wildman–Crippen LogP) is 1.26. The molecule has 0 aliphatic heterocycles. The van der Waals surface area contributed by atoms with Crippen LogP contribution in [0.25, 0.3) is 0 Å². The first-order valence-electron chi connectivity index (χ1n) is 3.19. The molecule has 5 heteroatoms. The van der Waals surface area contributed by atoms with Crippen LogP contribution >= 0.6 is 11.8 Å². The molecule has 0 saturated heterocycles. The van der Waals surface area contributed by atoms with Crippen molar-refractivity contribution in [1.29, 1.82) is 0 Å². The minimum Gasteiger partial charge on any atom is -0.495 e. The number of carbonyl (C=O) groups excluding carboxylic acids is 1. The van der Waals surface area contributed by atoms with Gasteiger partial charge in [0.1, 0.15) is 5.75 Å². The van der Waals surface area contributed by atoms with Crippen molar-refractivity contribution < 1.29 is 9.53 Å². The standard InChI is InChI=1S/C7H8N2O2S/c1-11-5-2-3-9-4-6(5)12-7(8)10/h2-4H,1H3,(H2,8,10). The van der Waals surface area contributed by atoms with Gasteiger partial charge in [-0.3, -0.25) is 9.78 Å². The monoisotopic (exact) mass is 184 g/mol. The van der Waals surface area contributed by atoms with E-state index in [2.05, 4.69) is 4.98 Å². The summed E-state index contributed by atoms with van der Waals surface area (Å²) in [5.41, 5.74) is 4.99. The Kier molecular flexibility index (Phi) is 2.93. The van der Waals surface area contributed by atoms with E-state index in [9.17, 15) is 4.79 Å². The van der Waals surface area contributed by atoms with Gasteiger partial charge in [0, 0.05) is 12.4 Å². The number of carbonyl (C=O) groups is 1. The van der Waals surface area contributed by atoms with Crippen LogP contribution in [-0.2, 0) is 0 Å². The molecule has 0 atom stereocenters. The largest absolute Gasteiger partial charge is 0.495 e. The number of aromatic nitrogens is 1. The van der Waals surface area contributed by atoms with Crippen molar-refractivity contribution in [3.8, 4) is 5.75 Å². The van der Waals surface area contributed by atoms with Gasteiger partial charge < -0.3 is 10.5 Å². The Morgan fingerprint density at radius 3 is 3.08 bits per heavy atom. The summed E-state index contributed by atoms with van der Waals surface area (Å²) in [5, 5.41) is -0.471. The predicted molar refractivity (Wildman–Crippen MR) is 46.2 cm³/mol. The molecule has 1 amide bonds. The molecule has 0 radical (unpaired) electrons. The van der Waals surface area contributed by atoms with Crippen molar-refractivity contribution in [2.45, 2.75) is 4.90 Å². The number of nitrogens with two attached hydrogens (primary N) is 1. The van der Waals surface area contributed by atoms with Gasteiger partial charge in [-0.25, -0.2) is 0 Å². The highest BCUT2D eigenvalue weighted by Crippen LogP contribution is 2.27. The van der Waals surface area contributed by atoms with E-state index < -0.39 is 5.24 Å². The van der Waals surface area contributed by atoms with Crippen molar-refractivity contribution in [2.75, 3.05) is 7.11 Å². The molecule has 0 aromatic carbocycles. The Hall–Kier alpha value is -1.23. The van der Waals surface area contributed by atoms with Crippen LogP contribution in [0.15, 0.2) is 23.4 Å². The zero-order chi connectivity index (χ0) is 8.97. The second-order valence-electron chi connectivity index (χ2n) is 1.95. The summed E-state index contributed by atoms with van der Waals surface area (Å²) >= 11 is 0.901. The number of methoxy groups -OCH3 is 1. The van der Waals surface area contributed by atoms with Crippen molar-refractivity contribution in [3.05, 3.63) is 18.5 Å². The summed E-state index contributed by atoms with van der Waals surface area (Å²) in [6.45, 7) is 0. The number of amides is 1. The molecular weight excluding hydrogens is 176 g/mol. The molecule has 1 aromatic heterocycles. The molecular formula is C7H8N2O2S. The first-order chi connectivity index (χ1) is 5.74. The van der Waals surface area contributed by atoms with Crippen LogP contribution in [0.2, 0.25) is 0 Å². The van der Waals surface area contributed by atoms with Gasteiger partial charge in [-0.15, -0.1) is 0 Å². The minimum absolute atomic E-state index is 0.471. The average molecular weight is 184 g/mol. The van der Waals surface area contributed by atoms with E-state index in [4.69, 9.17) is 10.5 Å². The molecule has 64 valence electrons. The molecule has 1 heterocycles. The third-order valence-electron chi connectivity index (χ3n) is 1.18. The lowest BCUT2D eigenvalue weighted by molar-refractivity contribution is 0.267. The van der Waals surface area contributed by atoms with E-state index in [1.165, 1.54) is 13.3 Å². The maximum absolute atomic E-state index is 10.5. The number of ether oxygens (including phenoxy) is 1. The van der Waals surface area contributed by atoms with Crippen molar-refractivity contribution in [3.63, 3.8) is 0 Å². The molecule has 0 saturated carbocycles. The van der Waals surface area contributed by atoms with Crippen LogP contribution in [0.3, 0.4) is 0 Å². The summed E-state index contributed by atoms with van der Waals surface area (Å²) in [6, 6.07) is 1.67. The molecule has 12 heavy (non-hydrogen) atoms. The van der Waals surface area contributed by atoms with E-state index in [-0.39, 0.29) is 0 Å². The number of pyridine rings is 1. The topological polar surface area (TPSA) is 65.2 Å². The third kappa shape index (κ3) is 2.13. The van der Waals surface area contributed by atoms with Gasteiger partial charge >= 0.3 is 0 Å². The van der Waals surface area contributed by atoms with E-state index in [1.54, 1.807) is 12.3 Å². The molecule has 0 fully saturated rings. The fraction of sp³-hybridized carbons (Fsp3) is 0.143. The Morgan fingerprint density at radius 2 is 2.50 bits per heavy atom. The number of hydrogen-bond acceptors (Lipinski definition) is 4. The Bertz CT molecular complexity index is 290. The number of nitrogens with zero attached hydrogens (tertiary/aromatic N) is 1. The SMILES string of the molecule is COc1ccncc1SC(N)=O. The summed E-state index contributed by atoms with van der Waals surface area (Å²) in [6.07, 6.45) is 3.12. The van der Waals surface area contributed by atoms with Crippen molar-refractivity contribution in [1.82, 2.24) is 4.98 Å². The van der Waals surface area contributed by atoms with Gasteiger partial charge in [-0.2, -0.15) is 0 Å². The van der Waals surface area contributed by atoms with Gasteiger partial charge in [0.2, 0.25) is 0 Å². The van der Waals surface area contributed by atoms with E-state index >= 15 is 0 Å². The molecule has 0 aliphatic carbocycles. The molecule has 2 N–H and O–H groups in total. The fourth-order valence-corrected chi connectivity index (χ4v) is 1.30. The third-order valence-corrected chi connectivity index (χ3v) is 1.90. The van der Waals surface area contributed by atoms with Gasteiger partial charge in [0.15, 0.2) is 0 Å². The lowest BCUT2D eigenvalue weighted by Gasteiger charge is -2.03. The molecule has 0 unspecified atom stereocenters. The Labute approximate surface area is 74.1 Å². The van der Waals surface area contributed by atoms with Gasteiger partial charge in [-0.05, 0) is 17.8 Å². The second-order valence-corrected chi connectivity index (χ2v) is 2.99. The van der Waals surface area contributed by atoms with E-state index in [0.717, 1.165) is 11.8 Å². The number of hydrogen-bond donors (Lipinski definition) is 1. The van der Waals surface area contributed by atoms with Crippen LogP contribution in [0.4, 0.5) is 4.79 Å². The molecule has 0 bridgehead atoms. The summed E-state index contributed by atoms with van der Waals surface area (Å²) < 4.78 is 4.98. The number of primary amides is 1. The van der Waals surface area contributed by atoms with Crippen molar-refractivity contribution in [2.24, 2.45) is 5.73 Å². The molecule has 1 rings (SSSR count). The van der Waals surface area contributed by atoms with Gasteiger partial charge in [0.25, 0.3) is 5.24 Å². The average Bonchev–Trinajstić information content (AvgIpc) is 2.04. The number of rotatable bonds is 2. The zero-order valence-electron chi connectivity index (χ0n) is 6.48. The second kappa shape index (κ2) is 3.96. The first kappa shape index (κ1) is 8.86. The lowest BCUT2D eigenvalue weighted by atomic mass is 10.4. The summed E-state index contributed by atoms with van der Waals surface area (Å²) in [4.78, 5) is 15.0. The molecule has 0 aliphatic rings. The van der Waals surface area contributed by atoms with Gasteiger partial charge in [-0.1, -0.05) is 0 Å². The maximum atomic E-state index is 10.5. The van der Waals surface area contributed by atoms with Crippen LogP contribution in [0.5, 0.6) is 5.75 Å². The highest BCUT2D eigenvalue weighted by Gasteiger charge is 2.05. The van der Waals surface area contributed by atoms with E-state index in [1.807, 2.05) is 0 Å². The van der Waals surface area contributed by atoms with Crippen LogP contribution in [0.1, 0.15) is 0 Å². The summed E-state index contributed by atoms with van der Waals surface area (Å²) in [5.74, 6) is 0.605. The van der Waals surface area contributed by atoms with Crippen molar-refractivity contribution >= 4 is 17.0 Å². The van der Waals surface area contributed by atoms with Crippen LogP contribution in [0, 0.1) is 0 Å². The minimum atomic E-state index is -0.471. The highest BCUT2D eigenvalue weighted by atomic mass is 32.2. The summed E-state index contributed by atoms with van der Waals surface area (Å²) in [7, 11) is 1.53. The van der Waals surface area contributed by atoms with E-state index in [0.29, 0.717) is 10.6 Å². The Balaban J connectivity index is 2.89. The normalized spacial score (nSPS) is 9.42. The Morgan fingerprint density at radius 1 is 1.75 bits per heavy atom. The highest BCUT2D eigenvalue weighted by molar-refractivity contribution is 8.13. The van der Waals surface area contributed by atoms with Gasteiger partial charge in [0.05, 0.1) is 12.0 Å². The smallest absolute Gasteiger partial charge is 0.281 e. The first-order valence-corrected chi connectivity index (χ1v) is 4.01. The fourth-order valence-electron chi connectivity index (χ4n) is 0.721. The number of thioether (sulfide) groups is 1.